The maximum atomic E-state index is 6.03. The van der Waals surface area contributed by atoms with Gasteiger partial charge in [0.15, 0.2) is 0 Å². The second-order valence-electron chi connectivity index (χ2n) is 4.95. The van der Waals surface area contributed by atoms with Crippen LogP contribution in [-0.2, 0) is 4.74 Å². The molecule has 0 aromatic heterocycles. The van der Waals surface area contributed by atoms with Gasteiger partial charge in [-0.05, 0) is 57.9 Å². The van der Waals surface area contributed by atoms with Crippen molar-refractivity contribution in [3.63, 3.8) is 0 Å². The first kappa shape index (κ1) is 11.8. The van der Waals surface area contributed by atoms with E-state index in [4.69, 9.17) is 4.74 Å². The Kier molecular flexibility index (Phi) is 3.24. The topological polar surface area (TPSA) is 9.23 Å². The first-order valence-electron chi connectivity index (χ1n) is 6.03. The molecule has 2 rings (SSSR count). The molecule has 1 heteroatoms. The largest absolute Gasteiger partial charge is 0.482 e. The second-order valence-corrected chi connectivity index (χ2v) is 4.95. The zero-order valence-electron chi connectivity index (χ0n) is 10.7. The van der Waals surface area contributed by atoms with Crippen LogP contribution >= 0.6 is 0 Å². The number of hydrogen-bond donors (Lipinski definition) is 0. The highest BCUT2D eigenvalue weighted by atomic mass is 16.5. The molecular formula is C16H18O. The van der Waals surface area contributed by atoms with Crippen molar-refractivity contribution in [1.82, 2.24) is 0 Å². The van der Waals surface area contributed by atoms with E-state index >= 15 is 0 Å². The SMILES string of the molecule is CC(C)=CCC[C@]1(C)C=CC2=C=C=CC=C2O1. The molecule has 0 N–H and O–H groups in total. The fourth-order valence-electron chi connectivity index (χ4n) is 1.93. The molecule has 1 heterocycles. The van der Waals surface area contributed by atoms with Gasteiger partial charge >= 0.3 is 0 Å². The smallest absolute Gasteiger partial charge is 0.136 e. The van der Waals surface area contributed by atoms with Gasteiger partial charge in [0, 0.05) is 0 Å². The average molecular weight is 226 g/mol. The van der Waals surface area contributed by atoms with Crippen LogP contribution in [0.25, 0.3) is 0 Å². The fraction of sp³-hybridized carbons (Fsp3) is 0.375. The third-order valence-electron chi connectivity index (χ3n) is 2.93. The van der Waals surface area contributed by atoms with E-state index in [-0.39, 0.29) is 5.60 Å². The molecule has 0 spiro atoms. The van der Waals surface area contributed by atoms with Crippen LogP contribution in [0.1, 0.15) is 33.6 Å². The number of fused-ring (bicyclic) bond motifs is 1. The Bertz CT molecular complexity index is 500. The number of ether oxygens (including phenoxy) is 1. The van der Waals surface area contributed by atoms with Crippen molar-refractivity contribution in [2.45, 2.75) is 39.2 Å². The van der Waals surface area contributed by atoms with Gasteiger partial charge in [-0.3, -0.25) is 0 Å². The van der Waals surface area contributed by atoms with E-state index in [2.05, 4.69) is 50.5 Å². The molecule has 1 aliphatic carbocycles. The summed E-state index contributed by atoms with van der Waals surface area (Å²) in [7, 11) is 0. The molecule has 0 unspecified atom stereocenters. The Morgan fingerprint density at radius 2 is 2.29 bits per heavy atom. The van der Waals surface area contributed by atoms with Crippen LogP contribution in [0, 0.1) is 0 Å². The van der Waals surface area contributed by atoms with E-state index in [1.807, 2.05) is 12.2 Å². The van der Waals surface area contributed by atoms with E-state index in [0.717, 1.165) is 24.2 Å². The summed E-state index contributed by atoms with van der Waals surface area (Å²) >= 11 is 0. The van der Waals surface area contributed by atoms with Gasteiger partial charge < -0.3 is 4.74 Å². The summed E-state index contributed by atoms with van der Waals surface area (Å²) in [6.45, 7) is 6.38. The van der Waals surface area contributed by atoms with Gasteiger partial charge in [-0.2, -0.15) is 0 Å². The summed E-state index contributed by atoms with van der Waals surface area (Å²) in [5.74, 6) is 0.908. The van der Waals surface area contributed by atoms with Crippen LogP contribution in [-0.4, -0.2) is 5.60 Å². The van der Waals surface area contributed by atoms with Crippen LogP contribution in [0.5, 0.6) is 0 Å². The molecule has 1 nitrogen and oxygen atoms in total. The molecule has 1 atom stereocenters. The van der Waals surface area contributed by atoms with Crippen LogP contribution < -0.4 is 0 Å². The lowest BCUT2D eigenvalue weighted by Gasteiger charge is -2.32. The molecule has 0 radical (unpaired) electrons. The molecule has 0 aromatic rings. The Hall–Kier alpha value is -1.68. The van der Waals surface area contributed by atoms with Crippen molar-refractivity contribution in [2.75, 3.05) is 0 Å². The van der Waals surface area contributed by atoms with Crippen LogP contribution in [0.4, 0.5) is 0 Å². The molecule has 1 aliphatic heterocycles. The van der Waals surface area contributed by atoms with Crippen LogP contribution in [0.3, 0.4) is 0 Å². The van der Waals surface area contributed by atoms with Crippen molar-refractivity contribution in [2.24, 2.45) is 0 Å². The minimum Gasteiger partial charge on any atom is -0.482 e. The highest BCUT2D eigenvalue weighted by Gasteiger charge is 2.28. The Labute approximate surface area is 103 Å². The molecule has 0 saturated heterocycles. The summed E-state index contributed by atoms with van der Waals surface area (Å²) in [4.78, 5) is 0. The molecule has 0 aromatic carbocycles. The van der Waals surface area contributed by atoms with Crippen molar-refractivity contribution < 1.29 is 4.74 Å². The van der Waals surface area contributed by atoms with E-state index in [0.29, 0.717) is 0 Å². The fourth-order valence-corrected chi connectivity index (χ4v) is 1.93. The zero-order valence-corrected chi connectivity index (χ0v) is 10.7. The molecule has 0 saturated carbocycles. The first-order valence-corrected chi connectivity index (χ1v) is 6.03. The van der Waals surface area contributed by atoms with E-state index in [1.165, 1.54) is 5.57 Å². The van der Waals surface area contributed by atoms with E-state index in [1.54, 1.807) is 0 Å². The summed E-state index contributed by atoms with van der Waals surface area (Å²) in [6.07, 6.45) is 12.3. The van der Waals surface area contributed by atoms with Crippen LogP contribution in [0.15, 0.2) is 58.7 Å². The first-order chi connectivity index (χ1) is 8.09. The van der Waals surface area contributed by atoms with E-state index in [9.17, 15) is 0 Å². The highest BCUT2D eigenvalue weighted by molar-refractivity contribution is 5.43. The predicted octanol–water partition coefficient (Wildman–Crippen LogP) is 4.21. The lowest BCUT2D eigenvalue weighted by atomic mass is 9.94. The van der Waals surface area contributed by atoms with Gasteiger partial charge in [-0.1, -0.05) is 23.1 Å². The van der Waals surface area contributed by atoms with Gasteiger partial charge in [0.2, 0.25) is 0 Å². The Balaban J connectivity index is 2.10. The minimum atomic E-state index is -0.200. The van der Waals surface area contributed by atoms with Crippen LogP contribution in [0.2, 0.25) is 0 Å². The lowest BCUT2D eigenvalue weighted by molar-refractivity contribution is 0.0552. The second kappa shape index (κ2) is 4.67. The summed E-state index contributed by atoms with van der Waals surface area (Å²) in [5.41, 5.74) is 8.14. The summed E-state index contributed by atoms with van der Waals surface area (Å²) < 4.78 is 6.03. The Morgan fingerprint density at radius 1 is 1.47 bits per heavy atom. The third kappa shape index (κ3) is 2.91. The summed E-state index contributed by atoms with van der Waals surface area (Å²) in [6, 6.07) is 0. The maximum Gasteiger partial charge on any atom is 0.136 e. The van der Waals surface area contributed by atoms with Gasteiger partial charge in [-0.15, -0.1) is 0 Å². The number of allylic oxidation sites excluding steroid dienone is 5. The van der Waals surface area contributed by atoms with Gasteiger partial charge in [0.05, 0.1) is 5.57 Å². The predicted molar refractivity (Wildman–Crippen MR) is 70.5 cm³/mol. The molecule has 2 aliphatic rings. The third-order valence-corrected chi connectivity index (χ3v) is 2.93. The van der Waals surface area contributed by atoms with Gasteiger partial charge in [-0.25, -0.2) is 0 Å². The lowest BCUT2D eigenvalue weighted by Crippen LogP contribution is -2.28. The quantitative estimate of drug-likeness (QED) is 0.517. The van der Waals surface area contributed by atoms with E-state index < -0.39 is 0 Å². The van der Waals surface area contributed by atoms with Gasteiger partial charge in [0.1, 0.15) is 11.4 Å². The molecule has 17 heavy (non-hydrogen) atoms. The summed E-state index contributed by atoms with van der Waals surface area (Å²) in [5, 5.41) is 0. The molecule has 0 bridgehead atoms. The zero-order chi connectivity index (χ0) is 12.3. The number of hydrogen-bond acceptors (Lipinski definition) is 1. The van der Waals surface area contributed by atoms with Crippen molar-refractivity contribution in [1.29, 1.82) is 0 Å². The molecule has 0 amide bonds. The van der Waals surface area contributed by atoms with Crippen molar-refractivity contribution >= 4 is 0 Å². The molecular weight excluding hydrogens is 208 g/mol. The normalized spacial score (nSPS) is 24.6. The minimum absolute atomic E-state index is 0.200. The maximum absolute atomic E-state index is 6.03. The monoisotopic (exact) mass is 226 g/mol. The van der Waals surface area contributed by atoms with Crippen molar-refractivity contribution in [3.05, 3.63) is 58.7 Å². The molecule has 0 fully saturated rings. The average Bonchev–Trinajstić information content (AvgIpc) is 2.28. The van der Waals surface area contributed by atoms with Crippen molar-refractivity contribution in [3.8, 4) is 0 Å². The number of rotatable bonds is 3. The molecule has 88 valence electrons. The highest BCUT2D eigenvalue weighted by Crippen LogP contribution is 2.32. The Morgan fingerprint density at radius 3 is 3.06 bits per heavy atom. The van der Waals surface area contributed by atoms with Gasteiger partial charge in [0.25, 0.3) is 0 Å². The standard InChI is InChI=1S/C16H18O/c1-13(2)7-6-11-16(3)12-10-14-8-4-5-9-15(14)17-16/h5,7,9-10,12H,6,11H2,1-3H3/t16-/m1/s1.